The minimum Gasteiger partial charge on any atom is -0.462 e. The molecule has 4 aromatic rings. The Morgan fingerprint density at radius 3 is 2.79 bits per heavy atom. The molecule has 0 saturated heterocycles. The number of amides is 1. The number of fused-ring (bicyclic) bond motifs is 2. The molecule has 0 atom stereocenters. The van der Waals surface area contributed by atoms with Crippen molar-refractivity contribution in [2.24, 2.45) is 0 Å². The van der Waals surface area contributed by atoms with Gasteiger partial charge in [-0.3, -0.25) is 14.8 Å². The summed E-state index contributed by atoms with van der Waals surface area (Å²) >= 11 is 1.32. The average Bonchev–Trinajstić information content (AvgIpc) is 3.11. The Hall–Kier alpha value is -3.39. The molecule has 140 valence electrons. The first-order valence-electron chi connectivity index (χ1n) is 8.47. The zero-order valence-electron chi connectivity index (χ0n) is 14.7. The summed E-state index contributed by atoms with van der Waals surface area (Å²) in [4.78, 5) is 33.3. The van der Waals surface area contributed by atoms with E-state index in [1.54, 1.807) is 25.1 Å². The van der Waals surface area contributed by atoms with Crippen LogP contribution < -0.4 is 5.32 Å². The highest BCUT2D eigenvalue weighted by atomic mass is 32.1. The predicted octanol–water partition coefficient (Wildman–Crippen LogP) is 4.41. The maximum Gasteiger partial charge on any atom is 0.348 e. The summed E-state index contributed by atoms with van der Waals surface area (Å²) in [5.41, 5.74) is 1.25. The number of aromatic nitrogens is 2. The van der Waals surface area contributed by atoms with Gasteiger partial charge in [0, 0.05) is 28.8 Å². The van der Waals surface area contributed by atoms with Gasteiger partial charge in [0.15, 0.2) is 0 Å². The smallest absolute Gasteiger partial charge is 0.348 e. The molecule has 0 radical (unpaired) electrons. The number of anilines is 1. The number of ether oxygens (including phenoxy) is 1. The third-order valence-corrected chi connectivity index (χ3v) is 5.13. The van der Waals surface area contributed by atoms with Gasteiger partial charge >= 0.3 is 5.97 Å². The molecular formula is C20H14FN3O3S. The van der Waals surface area contributed by atoms with Gasteiger partial charge in [-0.05, 0) is 42.6 Å². The van der Waals surface area contributed by atoms with Crippen LogP contribution in [0, 0.1) is 5.82 Å². The molecule has 0 aliphatic rings. The van der Waals surface area contributed by atoms with Crippen LogP contribution in [0.15, 0.2) is 48.8 Å². The summed E-state index contributed by atoms with van der Waals surface area (Å²) < 4.78 is 19.8. The summed E-state index contributed by atoms with van der Waals surface area (Å²) in [6.07, 6.45) is 2.89. The molecule has 2 heterocycles. The standard InChI is InChI=1S/C20H14FN3O3S/c1-2-27-20(26)17-8-11-7-13(3-4-16(11)28-17)24-19(25)14-9-12(21)10-15-18(14)23-6-5-22-15/h3-10H,2H2,1H3,(H,24,25). The number of carbonyl (C=O) groups excluding carboxylic acids is 2. The maximum absolute atomic E-state index is 13.9. The second-order valence-corrected chi connectivity index (χ2v) is 7.00. The summed E-state index contributed by atoms with van der Waals surface area (Å²) in [5, 5.41) is 3.55. The van der Waals surface area contributed by atoms with E-state index in [9.17, 15) is 14.0 Å². The lowest BCUT2D eigenvalue weighted by Crippen LogP contribution is -2.13. The predicted molar refractivity (Wildman–Crippen MR) is 105 cm³/mol. The first-order chi connectivity index (χ1) is 13.5. The number of rotatable bonds is 4. The Kier molecular flexibility index (Phi) is 4.70. The number of esters is 1. The molecule has 28 heavy (non-hydrogen) atoms. The van der Waals surface area contributed by atoms with E-state index in [-0.39, 0.29) is 11.5 Å². The largest absolute Gasteiger partial charge is 0.462 e. The van der Waals surface area contributed by atoms with Crippen molar-refractivity contribution in [1.82, 2.24) is 9.97 Å². The van der Waals surface area contributed by atoms with Crippen LogP contribution in [0.4, 0.5) is 10.1 Å². The third-order valence-electron chi connectivity index (χ3n) is 4.03. The zero-order chi connectivity index (χ0) is 19.7. The normalized spacial score (nSPS) is 10.9. The van der Waals surface area contributed by atoms with Crippen LogP contribution >= 0.6 is 11.3 Å². The number of hydrogen-bond acceptors (Lipinski definition) is 6. The number of nitrogens with one attached hydrogen (secondary N) is 1. The van der Waals surface area contributed by atoms with E-state index in [4.69, 9.17) is 4.74 Å². The lowest BCUT2D eigenvalue weighted by molar-refractivity contribution is 0.0532. The molecule has 2 aromatic carbocycles. The fourth-order valence-electron chi connectivity index (χ4n) is 2.84. The topological polar surface area (TPSA) is 81.2 Å². The Morgan fingerprint density at radius 2 is 1.96 bits per heavy atom. The molecule has 1 amide bonds. The number of benzene rings is 2. The Morgan fingerprint density at radius 1 is 1.14 bits per heavy atom. The van der Waals surface area contributed by atoms with Crippen LogP contribution in [0.5, 0.6) is 0 Å². The molecule has 8 heteroatoms. The van der Waals surface area contributed by atoms with Gasteiger partial charge in [-0.25, -0.2) is 9.18 Å². The highest BCUT2D eigenvalue weighted by Gasteiger charge is 2.16. The van der Waals surface area contributed by atoms with Crippen molar-refractivity contribution in [3.05, 3.63) is 65.0 Å². The fraction of sp³-hybridized carbons (Fsp3) is 0.100. The Bertz CT molecular complexity index is 1220. The number of hydrogen-bond donors (Lipinski definition) is 1. The number of thiophene rings is 1. The second-order valence-electron chi connectivity index (χ2n) is 5.92. The van der Waals surface area contributed by atoms with Crippen LogP contribution in [0.2, 0.25) is 0 Å². The van der Waals surface area contributed by atoms with E-state index >= 15 is 0 Å². The average molecular weight is 395 g/mol. The first kappa shape index (κ1) is 18.0. The van der Waals surface area contributed by atoms with E-state index in [2.05, 4.69) is 15.3 Å². The van der Waals surface area contributed by atoms with E-state index in [0.29, 0.717) is 28.2 Å². The molecule has 0 fully saturated rings. The van der Waals surface area contributed by atoms with Crippen molar-refractivity contribution in [2.75, 3.05) is 11.9 Å². The van der Waals surface area contributed by atoms with Crippen LogP contribution in [-0.2, 0) is 4.74 Å². The van der Waals surface area contributed by atoms with Gasteiger partial charge in [0.1, 0.15) is 16.2 Å². The number of carbonyl (C=O) groups is 2. The summed E-state index contributed by atoms with van der Waals surface area (Å²) in [5.74, 6) is -1.44. The molecular weight excluding hydrogens is 381 g/mol. The first-order valence-corrected chi connectivity index (χ1v) is 9.29. The van der Waals surface area contributed by atoms with Gasteiger partial charge in [0.2, 0.25) is 0 Å². The fourth-order valence-corrected chi connectivity index (χ4v) is 3.77. The van der Waals surface area contributed by atoms with E-state index in [1.807, 2.05) is 6.07 Å². The van der Waals surface area contributed by atoms with E-state index < -0.39 is 11.7 Å². The number of halogens is 1. The highest BCUT2D eigenvalue weighted by molar-refractivity contribution is 7.20. The zero-order valence-corrected chi connectivity index (χ0v) is 15.5. The summed E-state index contributed by atoms with van der Waals surface area (Å²) in [6.45, 7) is 2.05. The maximum atomic E-state index is 13.9. The van der Waals surface area contributed by atoms with Crippen molar-refractivity contribution in [3.8, 4) is 0 Å². The molecule has 0 bridgehead atoms. The van der Waals surface area contributed by atoms with Gasteiger partial charge in [0.05, 0.1) is 17.7 Å². The monoisotopic (exact) mass is 395 g/mol. The molecule has 0 aliphatic carbocycles. The quantitative estimate of drug-likeness (QED) is 0.518. The van der Waals surface area contributed by atoms with E-state index in [1.165, 1.54) is 29.8 Å². The van der Waals surface area contributed by atoms with Crippen molar-refractivity contribution in [2.45, 2.75) is 6.92 Å². The SMILES string of the molecule is CCOC(=O)c1cc2cc(NC(=O)c3cc(F)cc4nccnc34)ccc2s1. The van der Waals surface area contributed by atoms with Crippen molar-refractivity contribution in [3.63, 3.8) is 0 Å². The van der Waals surface area contributed by atoms with Gasteiger partial charge in [0.25, 0.3) is 5.91 Å². The highest BCUT2D eigenvalue weighted by Crippen LogP contribution is 2.29. The molecule has 0 aliphatic heterocycles. The molecule has 2 aromatic heterocycles. The van der Waals surface area contributed by atoms with E-state index in [0.717, 1.165) is 16.2 Å². The van der Waals surface area contributed by atoms with Gasteiger partial charge in [-0.1, -0.05) is 0 Å². The molecule has 0 unspecified atom stereocenters. The van der Waals surface area contributed by atoms with Crippen LogP contribution in [-0.4, -0.2) is 28.5 Å². The van der Waals surface area contributed by atoms with Gasteiger partial charge in [-0.2, -0.15) is 0 Å². The van der Waals surface area contributed by atoms with Crippen LogP contribution in [0.25, 0.3) is 21.1 Å². The van der Waals surface area contributed by atoms with Gasteiger partial charge in [-0.15, -0.1) is 11.3 Å². The van der Waals surface area contributed by atoms with Crippen molar-refractivity contribution < 1.29 is 18.7 Å². The molecule has 4 rings (SSSR count). The Balaban J connectivity index is 1.65. The molecule has 6 nitrogen and oxygen atoms in total. The molecule has 1 N–H and O–H groups in total. The van der Waals surface area contributed by atoms with Crippen molar-refractivity contribution in [1.29, 1.82) is 0 Å². The van der Waals surface area contributed by atoms with Crippen molar-refractivity contribution >= 4 is 50.0 Å². The second kappa shape index (κ2) is 7.32. The molecule has 0 spiro atoms. The minimum atomic E-state index is -0.564. The summed E-state index contributed by atoms with van der Waals surface area (Å²) in [7, 11) is 0. The lowest BCUT2D eigenvalue weighted by Gasteiger charge is -2.08. The Labute approximate surface area is 163 Å². The molecule has 0 saturated carbocycles. The third kappa shape index (κ3) is 3.41. The van der Waals surface area contributed by atoms with Gasteiger partial charge < -0.3 is 10.1 Å². The number of nitrogens with zero attached hydrogens (tertiary/aromatic N) is 2. The summed E-state index contributed by atoms with van der Waals surface area (Å²) in [6, 6.07) is 9.36. The van der Waals surface area contributed by atoms with Crippen LogP contribution in [0.1, 0.15) is 27.0 Å². The lowest BCUT2D eigenvalue weighted by atomic mass is 10.1. The van der Waals surface area contributed by atoms with Crippen LogP contribution in [0.3, 0.4) is 0 Å². The minimum absolute atomic E-state index is 0.0979.